The zero-order chi connectivity index (χ0) is 11.8. The number of alkyl halides is 1. The Bertz CT molecular complexity index is 324. The fourth-order valence-corrected chi connectivity index (χ4v) is 1.34. The van der Waals surface area contributed by atoms with Gasteiger partial charge in [0.05, 0.1) is 0 Å². The molecule has 1 rings (SSSR count). The van der Waals surface area contributed by atoms with Gasteiger partial charge < -0.3 is 10.1 Å². The molecule has 0 fully saturated rings. The van der Waals surface area contributed by atoms with Gasteiger partial charge in [0.15, 0.2) is 0 Å². The number of rotatable bonds is 5. The molecule has 0 aromatic heterocycles. The first-order valence-electron chi connectivity index (χ1n) is 5.37. The van der Waals surface area contributed by atoms with Gasteiger partial charge in [0, 0.05) is 12.4 Å². The van der Waals surface area contributed by atoms with E-state index in [1.807, 2.05) is 12.1 Å². The maximum absolute atomic E-state index is 11.3. The molecular formula is C12H16ClNO2. The van der Waals surface area contributed by atoms with E-state index in [1.165, 1.54) is 0 Å². The van der Waals surface area contributed by atoms with E-state index in [4.69, 9.17) is 16.3 Å². The summed E-state index contributed by atoms with van der Waals surface area (Å²) < 4.78 is 5.07. The summed E-state index contributed by atoms with van der Waals surface area (Å²) in [6, 6.07) is 7.14. The standard InChI is InChI=1S/C12H16ClNO2/c1-2-3-8-14-12(15)16-11-6-4-10(9-13)5-7-11/h4-7H,2-3,8-9H2,1H3,(H,14,15). The van der Waals surface area contributed by atoms with E-state index in [-0.39, 0.29) is 0 Å². The van der Waals surface area contributed by atoms with E-state index in [0.717, 1.165) is 18.4 Å². The van der Waals surface area contributed by atoms with Gasteiger partial charge >= 0.3 is 6.09 Å². The summed E-state index contributed by atoms with van der Waals surface area (Å²) in [5, 5.41) is 2.67. The van der Waals surface area contributed by atoms with Crippen LogP contribution >= 0.6 is 11.6 Å². The van der Waals surface area contributed by atoms with Gasteiger partial charge in [-0.15, -0.1) is 11.6 Å². The minimum Gasteiger partial charge on any atom is -0.410 e. The van der Waals surface area contributed by atoms with Gasteiger partial charge in [-0.25, -0.2) is 4.79 Å². The molecule has 0 bridgehead atoms. The summed E-state index contributed by atoms with van der Waals surface area (Å²) in [5.41, 5.74) is 1.00. The van der Waals surface area contributed by atoms with Crippen molar-refractivity contribution in [1.82, 2.24) is 5.32 Å². The number of benzene rings is 1. The van der Waals surface area contributed by atoms with Crippen molar-refractivity contribution in [3.05, 3.63) is 29.8 Å². The third kappa shape index (κ3) is 4.53. The van der Waals surface area contributed by atoms with Crippen molar-refractivity contribution in [3.8, 4) is 5.75 Å². The SMILES string of the molecule is CCCCNC(=O)Oc1ccc(CCl)cc1. The van der Waals surface area contributed by atoms with Crippen LogP contribution in [0.5, 0.6) is 5.75 Å². The second kappa shape index (κ2) is 7.12. The Morgan fingerprint density at radius 3 is 2.62 bits per heavy atom. The van der Waals surface area contributed by atoms with Crippen molar-refractivity contribution in [2.24, 2.45) is 0 Å². The van der Waals surface area contributed by atoms with Crippen LogP contribution in [0.4, 0.5) is 4.79 Å². The van der Waals surface area contributed by atoms with E-state index >= 15 is 0 Å². The van der Waals surface area contributed by atoms with Gasteiger partial charge in [-0.3, -0.25) is 0 Å². The van der Waals surface area contributed by atoms with Crippen LogP contribution in [0.15, 0.2) is 24.3 Å². The summed E-state index contributed by atoms with van der Waals surface area (Å²) in [6.45, 7) is 2.72. The lowest BCUT2D eigenvalue weighted by Gasteiger charge is -2.06. The molecule has 0 saturated carbocycles. The molecule has 1 amide bonds. The first kappa shape index (κ1) is 12.8. The summed E-state index contributed by atoms with van der Waals surface area (Å²) in [4.78, 5) is 11.3. The Labute approximate surface area is 101 Å². The van der Waals surface area contributed by atoms with Crippen molar-refractivity contribution in [1.29, 1.82) is 0 Å². The van der Waals surface area contributed by atoms with E-state index in [0.29, 0.717) is 18.2 Å². The molecular weight excluding hydrogens is 226 g/mol. The number of nitrogens with one attached hydrogen (secondary N) is 1. The highest BCUT2D eigenvalue weighted by atomic mass is 35.5. The predicted molar refractivity (Wildman–Crippen MR) is 64.9 cm³/mol. The number of hydrogen-bond acceptors (Lipinski definition) is 2. The second-order valence-corrected chi connectivity index (χ2v) is 3.71. The number of unbranched alkanes of at least 4 members (excludes halogenated alkanes) is 1. The van der Waals surface area contributed by atoms with Gasteiger partial charge in [0.1, 0.15) is 5.75 Å². The Morgan fingerprint density at radius 1 is 1.38 bits per heavy atom. The van der Waals surface area contributed by atoms with Gasteiger partial charge in [0.25, 0.3) is 0 Å². The normalized spacial score (nSPS) is 9.88. The zero-order valence-corrected chi connectivity index (χ0v) is 10.1. The van der Waals surface area contributed by atoms with Crippen molar-refractivity contribution < 1.29 is 9.53 Å². The lowest BCUT2D eigenvalue weighted by atomic mass is 10.2. The van der Waals surface area contributed by atoms with Crippen LogP contribution < -0.4 is 10.1 Å². The molecule has 0 spiro atoms. The molecule has 16 heavy (non-hydrogen) atoms. The maximum Gasteiger partial charge on any atom is 0.412 e. The highest BCUT2D eigenvalue weighted by Crippen LogP contribution is 2.13. The molecule has 88 valence electrons. The summed E-state index contributed by atoms with van der Waals surface area (Å²) >= 11 is 5.65. The summed E-state index contributed by atoms with van der Waals surface area (Å²) in [7, 11) is 0. The fourth-order valence-electron chi connectivity index (χ4n) is 1.16. The van der Waals surface area contributed by atoms with Crippen LogP contribution in [-0.2, 0) is 5.88 Å². The lowest BCUT2D eigenvalue weighted by molar-refractivity contribution is 0.200. The highest BCUT2D eigenvalue weighted by Gasteiger charge is 2.02. The minimum atomic E-state index is -0.410. The molecule has 0 aliphatic rings. The molecule has 4 heteroatoms. The zero-order valence-electron chi connectivity index (χ0n) is 9.33. The largest absolute Gasteiger partial charge is 0.412 e. The van der Waals surface area contributed by atoms with Crippen molar-refractivity contribution in [3.63, 3.8) is 0 Å². The van der Waals surface area contributed by atoms with E-state index in [2.05, 4.69) is 12.2 Å². The molecule has 1 aromatic carbocycles. The molecule has 3 nitrogen and oxygen atoms in total. The summed E-state index contributed by atoms with van der Waals surface area (Å²) in [6.07, 6.45) is 1.59. The number of amides is 1. The molecule has 0 heterocycles. The van der Waals surface area contributed by atoms with E-state index in [1.54, 1.807) is 12.1 Å². The van der Waals surface area contributed by atoms with Gasteiger partial charge in [-0.05, 0) is 24.1 Å². The van der Waals surface area contributed by atoms with Crippen LogP contribution in [0.25, 0.3) is 0 Å². The number of hydrogen-bond donors (Lipinski definition) is 1. The first-order chi connectivity index (χ1) is 7.76. The number of carbonyl (C=O) groups is 1. The van der Waals surface area contributed by atoms with Crippen LogP contribution in [0.2, 0.25) is 0 Å². The van der Waals surface area contributed by atoms with Crippen LogP contribution in [0.3, 0.4) is 0 Å². The van der Waals surface area contributed by atoms with Crippen molar-refractivity contribution >= 4 is 17.7 Å². The van der Waals surface area contributed by atoms with E-state index < -0.39 is 6.09 Å². The Hall–Kier alpha value is -1.22. The van der Waals surface area contributed by atoms with Crippen LogP contribution in [-0.4, -0.2) is 12.6 Å². The molecule has 1 aromatic rings. The van der Waals surface area contributed by atoms with Crippen LogP contribution in [0.1, 0.15) is 25.3 Å². The van der Waals surface area contributed by atoms with Gasteiger partial charge in [-0.1, -0.05) is 25.5 Å². The smallest absolute Gasteiger partial charge is 0.410 e. The number of halogens is 1. The lowest BCUT2D eigenvalue weighted by Crippen LogP contribution is -2.27. The average molecular weight is 242 g/mol. The van der Waals surface area contributed by atoms with Crippen molar-refractivity contribution in [2.45, 2.75) is 25.6 Å². The third-order valence-corrected chi connectivity index (χ3v) is 2.40. The molecule has 0 atom stereocenters. The number of ether oxygens (including phenoxy) is 1. The second-order valence-electron chi connectivity index (χ2n) is 3.45. The van der Waals surface area contributed by atoms with Crippen LogP contribution in [0, 0.1) is 0 Å². The summed E-state index contributed by atoms with van der Waals surface area (Å²) in [5.74, 6) is 0.992. The molecule has 0 saturated heterocycles. The predicted octanol–water partition coefficient (Wildman–Crippen LogP) is 3.31. The molecule has 0 aliphatic carbocycles. The molecule has 1 N–H and O–H groups in total. The minimum absolute atomic E-state index is 0.410. The van der Waals surface area contributed by atoms with Crippen molar-refractivity contribution in [2.75, 3.05) is 6.54 Å². The Balaban J connectivity index is 2.37. The Kier molecular flexibility index (Phi) is 5.72. The van der Waals surface area contributed by atoms with Gasteiger partial charge in [-0.2, -0.15) is 0 Å². The highest BCUT2D eigenvalue weighted by molar-refractivity contribution is 6.17. The monoisotopic (exact) mass is 241 g/mol. The fraction of sp³-hybridized carbons (Fsp3) is 0.417. The first-order valence-corrected chi connectivity index (χ1v) is 5.90. The molecule has 0 aliphatic heterocycles. The number of carbonyl (C=O) groups excluding carboxylic acids is 1. The molecule has 0 unspecified atom stereocenters. The average Bonchev–Trinajstić information content (AvgIpc) is 2.30. The third-order valence-electron chi connectivity index (χ3n) is 2.09. The topological polar surface area (TPSA) is 38.3 Å². The van der Waals surface area contributed by atoms with E-state index in [9.17, 15) is 4.79 Å². The molecule has 0 radical (unpaired) electrons. The quantitative estimate of drug-likeness (QED) is 0.635. The Morgan fingerprint density at radius 2 is 2.06 bits per heavy atom. The van der Waals surface area contributed by atoms with Gasteiger partial charge in [0.2, 0.25) is 0 Å². The maximum atomic E-state index is 11.3.